The molecular formula is C11H17N3OS. The lowest BCUT2D eigenvalue weighted by Crippen LogP contribution is -2.17. The highest BCUT2D eigenvalue weighted by atomic mass is 32.1. The second-order valence-corrected chi connectivity index (χ2v) is 5.74. The summed E-state index contributed by atoms with van der Waals surface area (Å²) >= 11 is 1.73. The number of aromatic nitrogens is 2. The van der Waals surface area contributed by atoms with E-state index in [1.165, 1.54) is 24.3 Å². The molecule has 1 N–H and O–H groups in total. The molecule has 0 radical (unpaired) electrons. The van der Waals surface area contributed by atoms with Crippen molar-refractivity contribution in [2.75, 3.05) is 12.4 Å². The summed E-state index contributed by atoms with van der Waals surface area (Å²) in [5.74, 6) is 0.711. The lowest BCUT2D eigenvalue weighted by atomic mass is 10.2. The maximum absolute atomic E-state index is 5.36. The van der Waals surface area contributed by atoms with Gasteiger partial charge in [0.25, 0.3) is 0 Å². The third-order valence-corrected chi connectivity index (χ3v) is 4.43. The molecule has 0 aromatic carbocycles. The molecule has 0 spiro atoms. The molecule has 2 atom stereocenters. The van der Waals surface area contributed by atoms with Gasteiger partial charge >= 0.3 is 0 Å². The van der Waals surface area contributed by atoms with Gasteiger partial charge in [-0.1, -0.05) is 11.3 Å². The maximum Gasteiger partial charge on any atom is 0.205 e. The van der Waals surface area contributed by atoms with E-state index in [1.807, 2.05) is 0 Å². The van der Waals surface area contributed by atoms with Crippen LogP contribution in [0, 0.1) is 0 Å². The highest BCUT2D eigenvalue weighted by Crippen LogP contribution is 2.42. The number of methoxy groups -OCH3 is 1. The van der Waals surface area contributed by atoms with Crippen molar-refractivity contribution >= 4 is 16.5 Å². The minimum Gasteiger partial charge on any atom is -0.381 e. The first-order chi connectivity index (χ1) is 7.85. The van der Waals surface area contributed by atoms with Crippen LogP contribution in [0.25, 0.3) is 0 Å². The highest BCUT2D eigenvalue weighted by Gasteiger charge is 2.29. The minimum atomic E-state index is 0.424. The SMILES string of the molecule is COC1CCC(Nc2nnc(C3CC3)s2)C1. The fourth-order valence-corrected chi connectivity index (χ4v) is 3.24. The Hall–Kier alpha value is -0.680. The molecule has 0 aliphatic heterocycles. The van der Waals surface area contributed by atoms with Gasteiger partial charge in [-0.15, -0.1) is 10.2 Å². The van der Waals surface area contributed by atoms with Gasteiger partial charge in [0.05, 0.1) is 6.10 Å². The summed E-state index contributed by atoms with van der Waals surface area (Å²) in [6.07, 6.45) is 6.44. The van der Waals surface area contributed by atoms with Crippen LogP contribution in [0.15, 0.2) is 0 Å². The second kappa shape index (κ2) is 4.30. The van der Waals surface area contributed by atoms with Crippen LogP contribution in [0.2, 0.25) is 0 Å². The van der Waals surface area contributed by atoms with Crippen LogP contribution in [-0.2, 0) is 4.74 Å². The summed E-state index contributed by atoms with van der Waals surface area (Å²) < 4.78 is 5.36. The zero-order valence-electron chi connectivity index (χ0n) is 9.48. The molecule has 4 nitrogen and oxygen atoms in total. The first kappa shape index (κ1) is 10.5. The molecule has 0 amide bonds. The Morgan fingerprint density at radius 2 is 2.12 bits per heavy atom. The Morgan fingerprint density at radius 3 is 2.81 bits per heavy atom. The number of hydrogen-bond donors (Lipinski definition) is 1. The predicted molar refractivity (Wildman–Crippen MR) is 63.9 cm³/mol. The monoisotopic (exact) mass is 239 g/mol. The number of hydrogen-bond acceptors (Lipinski definition) is 5. The molecule has 2 unspecified atom stereocenters. The van der Waals surface area contributed by atoms with Crippen LogP contribution in [0.4, 0.5) is 5.13 Å². The van der Waals surface area contributed by atoms with Crippen LogP contribution in [0.1, 0.15) is 43.0 Å². The van der Waals surface area contributed by atoms with Crippen molar-refractivity contribution in [3.8, 4) is 0 Å². The molecule has 88 valence electrons. The standard InChI is InChI=1S/C11H17N3OS/c1-15-9-5-4-8(6-9)12-11-14-13-10(16-11)7-2-3-7/h7-9H,2-6H2,1H3,(H,12,14). The molecule has 2 aliphatic carbocycles. The first-order valence-corrected chi connectivity index (χ1v) is 6.79. The zero-order valence-corrected chi connectivity index (χ0v) is 10.3. The van der Waals surface area contributed by atoms with Gasteiger partial charge in [-0.2, -0.15) is 0 Å². The third kappa shape index (κ3) is 2.20. The van der Waals surface area contributed by atoms with E-state index in [-0.39, 0.29) is 0 Å². The van der Waals surface area contributed by atoms with E-state index < -0.39 is 0 Å². The average Bonchev–Trinajstić information content (AvgIpc) is 2.88. The Balaban J connectivity index is 1.57. The van der Waals surface area contributed by atoms with E-state index in [0.717, 1.165) is 18.0 Å². The van der Waals surface area contributed by atoms with Gasteiger partial charge in [0.2, 0.25) is 5.13 Å². The van der Waals surface area contributed by atoms with Crippen LogP contribution in [0.5, 0.6) is 0 Å². The molecule has 1 aromatic rings. The van der Waals surface area contributed by atoms with Crippen LogP contribution in [-0.4, -0.2) is 29.5 Å². The summed E-state index contributed by atoms with van der Waals surface area (Å²) in [5, 5.41) is 14.1. The molecule has 5 heteroatoms. The number of nitrogens with one attached hydrogen (secondary N) is 1. The number of rotatable bonds is 4. The van der Waals surface area contributed by atoms with Gasteiger partial charge in [-0.25, -0.2) is 0 Å². The fraction of sp³-hybridized carbons (Fsp3) is 0.818. The molecule has 2 aliphatic rings. The summed E-state index contributed by atoms with van der Waals surface area (Å²) in [6.45, 7) is 0. The minimum absolute atomic E-state index is 0.424. The van der Waals surface area contributed by atoms with Crippen LogP contribution >= 0.6 is 11.3 Å². The Labute approximate surface area is 99.4 Å². The van der Waals surface area contributed by atoms with E-state index in [9.17, 15) is 0 Å². The molecule has 0 saturated heterocycles. The fourth-order valence-electron chi connectivity index (χ4n) is 2.25. The summed E-state index contributed by atoms with van der Waals surface area (Å²) in [6, 6.07) is 0.518. The quantitative estimate of drug-likeness (QED) is 0.876. The van der Waals surface area contributed by atoms with Crippen LogP contribution in [0.3, 0.4) is 0 Å². The van der Waals surface area contributed by atoms with Crippen molar-refractivity contribution in [3.63, 3.8) is 0 Å². The lowest BCUT2D eigenvalue weighted by molar-refractivity contribution is 0.108. The number of anilines is 1. The molecule has 0 bridgehead atoms. The zero-order chi connectivity index (χ0) is 11.0. The van der Waals surface area contributed by atoms with Gasteiger partial charge in [0, 0.05) is 19.1 Å². The molecule has 3 rings (SSSR count). The van der Waals surface area contributed by atoms with Gasteiger partial charge < -0.3 is 10.1 Å². The third-order valence-electron chi connectivity index (χ3n) is 3.41. The van der Waals surface area contributed by atoms with Crippen molar-refractivity contribution in [1.29, 1.82) is 0 Å². The Bertz CT molecular complexity index is 364. The van der Waals surface area contributed by atoms with Crippen LogP contribution < -0.4 is 5.32 Å². The Kier molecular flexibility index (Phi) is 2.81. The van der Waals surface area contributed by atoms with Gasteiger partial charge in [-0.05, 0) is 32.1 Å². The summed E-state index contributed by atoms with van der Waals surface area (Å²) in [7, 11) is 1.79. The summed E-state index contributed by atoms with van der Waals surface area (Å²) in [4.78, 5) is 0. The van der Waals surface area contributed by atoms with Crippen molar-refractivity contribution in [2.45, 2.75) is 50.2 Å². The van der Waals surface area contributed by atoms with Gasteiger partial charge in [0.15, 0.2) is 0 Å². The van der Waals surface area contributed by atoms with Gasteiger partial charge in [0.1, 0.15) is 5.01 Å². The van der Waals surface area contributed by atoms with E-state index in [4.69, 9.17) is 4.74 Å². The maximum atomic E-state index is 5.36. The van der Waals surface area contributed by atoms with Gasteiger partial charge in [-0.3, -0.25) is 0 Å². The average molecular weight is 239 g/mol. The normalized spacial score (nSPS) is 29.6. The lowest BCUT2D eigenvalue weighted by Gasteiger charge is -2.10. The molecule has 2 fully saturated rings. The molecule has 2 saturated carbocycles. The molecule has 1 heterocycles. The van der Waals surface area contributed by atoms with Crippen molar-refractivity contribution in [3.05, 3.63) is 5.01 Å². The van der Waals surface area contributed by atoms with Crippen molar-refractivity contribution < 1.29 is 4.74 Å². The van der Waals surface area contributed by atoms with Crippen molar-refractivity contribution in [2.24, 2.45) is 0 Å². The number of ether oxygens (including phenoxy) is 1. The first-order valence-electron chi connectivity index (χ1n) is 5.98. The Morgan fingerprint density at radius 1 is 1.25 bits per heavy atom. The number of nitrogens with zero attached hydrogens (tertiary/aromatic N) is 2. The largest absolute Gasteiger partial charge is 0.381 e. The van der Waals surface area contributed by atoms with Crippen molar-refractivity contribution in [1.82, 2.24) is 10.2 Å². The molecule has 16 heavy (non-hydrogen) atoms. The summed E-state index contributed by atoms with van der Waals surface area (Å²) in [5.41, 5.74) is 0. The predicted octanol–water partition coefficient (Wildman–Crippen LogP) is 2.39. The van der Waals surface area contributed by atoms with E-state index >= 15 is 0 Å². The van der Waals surface area contributed by atoms with E-state index in [0.29, 0.717) is 18.1 Å². The smallest absolute Gasteiger partial charge is 0.205 e. The van der Waals surface area contributed by atoms with E-state index in [2.05, 4.69) is 15.5 Å². The van der Waals surface area contributed by atoms with E-state index in [1.54, 1.807) is 18.4 Å². The topological polar surface area (TPSA) is 47.0 Å². The molecular weight excluding hydrogens is 222 g/mol. The highest BCUT2D eigenvalue weighted by molar-refractivity contribution is 7.15. The molecule has 1 aromatic heterocycles. The second-order valence-electron chi connectivity index (χ2n) is 4.73.